The third-order valence-electron chi connectivity index (χ3n) is 12.9. The van der Waals surface area contributed by atoms with Gasteiger partial charge in [-0.3, -0.25) is 0 Å². The molecule has 0 unspecified atom stereocenters. The van der Waals surface area contributed by atoms with E-state index in [1.807, 2.05) is 6.07 Å². The van der Waals surface area contributed by atoms with Gasteiger partial charge in [-0.05, 0) is 107 Å². The monoisotopic (exact) mass is 811 g/mol. The van der Waals surface area contributed by atoms with Crippen molar-refractivity contribution in [1.29, 1.82) is 0 Å². The largest absolute Gasteiger partial charge is 0.458 e. The van der Waals surface area contributed by atoms with E-state index in [0.717, 1.165) is 79.6 Å². The third kappa shape index (κ3) is 6.01. The van der Waals surface area contributed by atoms with Crippen LogP contribution in [0.25, 0.3) is 0 Å². The number of rotatable bonds is 7. The molecule has 300 valence electrons. The molecular formula is C57H42BN3O2. The lowest BCUT2D eigenvalue weighted by Gasteiger charge is -2.41. The van der Waals surface area contributed by atoms with Crippen molar-refractivity contribution in [3.05, 3.63) is 230 Å². The van der Waals surface area contributed by atoms with E-state index < -0.39 is 0 Å². The highest BCUT2D eigenvalue weighted by Gasteiger charge is 2.42. The maximum Gasteiger partial charge on any atom is 0.256 e. The molecule has 0 aliphatic carbocycles. The number of para-hydroxylation sites is 5. The molecular weight excluding hydrogens is 769 g/mol. The van der Waals surface area contributed by atoms with Gasteiger partial charge >= 0.3 is 0 Å². The molecule has 0 saturated carbocycles. The minimum absolute atomic E-state index is 0.0652. The number of ether oxygens (including phenoxy) is 2. The number of benzene rings is 9. The van der Waals surface area contributed by atoms with Gasteiger partial charge in [0.2, 0.25) is 0 Å². The Morgan fingerprint density at radius 3 is 1.54 bits per heavy atom. The van der Waals surface area contributed by atoms with Crippen molar-refractivity contribution in [2.45, 2.75) is 19.3 Å². The number of fused-ring (bicyclic) bond motifs is 6. The Bertz CT molecular complexity index is 3140. The highest BCUT2D eigenvalue weighted by molar-refractivity contribution is 6.99. The van der Waals surface area contributed by atoms with E-state index in [0.29, 0.717) is 0 Å². The van der Waals surface area contributed by atoms with E-state index in [1.165, 1.54) is 22.1 Å². The lowest BCUT2D eigenvalue weighted by atomic mass is 9.34. The van der Waals surface area contributed by atoms with E-state index >= 15 is 0 Å². The second-order valence-corrected chi connectivity index (χ2v) is 16.9. The summed E-state index contributed by atoms with van der Waals surface area (Å²) in [6.07, 6.45) is 0. The molecule has 0 amide bonds. The summed E-state index contributed by atoms with van der Waals surface area (Å²) in [7, 11) is 0. The molecule has 6 heteroatoms. The first-order chi connectivity index (χ1) is 31.0. The van der Waals surface area contributed by atoms with Gasteiger partial charge in [0.25, 0.3) is 6.71 Å². The first kappa shape index (κ1) is 36.9. The van der Waals surface area contributed by atoms with Crippen molar-refractivity contribution < 1.29 is 9.47 Å². The number of hydrogen-bond donors (Lipinski definition) is 0. The van der Waals surface area contributed by atoms with Crippen LogP contribution in [0, 0.1) is 0 Å². The van der Waals surface area contributed by atoms with Crippen LogP contribution in [0.15, 0.2) is 218 Å². The second-order valence-electron chi connectivity index (χ2n) is 16.9. The molecule has 5 nitrogen and oxygen atoms in total. The van der Waals surface area contributed by atoms with E-state index in [9.17, 15) is 0 Å². The van der Waals surface area contributed by atoms with Crippen LogP contribution in [0.4, 0.5) is 51.2 Å². The Kier molecular flexibility index (Phi) is 8.54. The minimum atomic E-state index is -0.208. The zero-order chi connectivity index (χ0) is 42.1. The van der Waals surface area contributed by atoms with E-state index in [4.69, 9.17) is 9.47 Å². The van der Waals surface area contributed by atoms with Crippen LogP contribution in [0.2, 0.25) is 0 Å². The van der Waals surface area contributed by atoms with Crippen molar-refractivity contribution in [2.75, 3.05) is 14.7 Å². The van der Waals surface area contributed by atoms with E-state index in [-0.39, 0.29) is 12.1 Å². The second kappa shape index (κ2) is 14.6. The molecule has 3 aliphatic rings. The lowest BCUT2D eigenvalue weighted by Crippen LogP contribution is -2.59. The van der Waals surface area contributed by atoms with Gasteiger partial charge in [-0.15, -0.1) is 0 Å². The molecule has 0 bridgehead atoms. The van der Waals surface area contributed by atoms with Gasteiger partial charge in [0.05, 0.1) is 0 Å². The highest BCUT2D eigenvalue weighted by atomic mass is 16.5. The van der Waals surface area contributed by atoms with Crippen molar-refractivity contribution >= 4 is 74.3 Å². The molecule has 0 fully saturated rings. The highest BCUT2D eigenvalue weighted by Crippen LogP contribution is 2.50. The van der Waals surface area contributed by atoms with Gasteiger partial charge in [0, 0.05) is 79.9 Å². The Morgan fingerprint density at radius 2 is 0.873 bits per heavy atom. The van der Waals surface area contributed by atoms with Gasteiger partial charge in [-0.2, -0.15) is 0 Å². The Labute approximate surface area is 368 Å². The van der Waals surface area contributed by atoms with Gasteiger partial charge in [0.15, 0.2) is 0 Å². The fraction of sp³-hybridized carbons (Fsp3) is 0.0526. The maximum absolute atomic E-state index is 7.03. The predicted octanol–water partition coefficient (Wildman–Crippen LogP) is 13.5. The Balaban J connectivity index is 1.01. The van der Waals surface area contributed by atoms with Crippen molar-refractivity contribution in [2.24, 2.45) is 0 Å². The SMILES string of the molecule is CC1(C)c2ccccc2Oc2cc(N(c3ccccc3)c3ccc4c(c3)Oc3cccc5c3B4c3ccc(N(c4ccccc4)c4ccccc4)cc3N5c3ccccc3)ccc21. The first-order valence-corrected chi connectivity index (χ1v) is 21.6. The molecule has 3 heterocycles. The quantitative estimate of drug-likeness (QED) is 0.150. The maximum atomic E-state index is 7.03. The average Bonchev–Trinajstić information content (AvgIpc) is 3.33. The first-order valence-electron chi connectivity index (χ1n) is 21.6. The normalized spacial score (nSPS) is 13.6. The van der Waals surface area contributed by atoms with Gasteiger partial charge in [-0.25, -0.2) is 0 Å². The molecule has 0 N–H and O–H groups in total. The van der Waals surface area contributed by atoms with Crippen molar-refractivity contribution in [3.8, 4) is 23.0 Å². The van der Waals surface area contributed by atoms with Crippen molar-refractivity contribution in [3.63, 3.8) is 0 Å². The third-order valence-corrected chi connectivity index (χ3v) is 12.9. The molecule has 9 aromatic rings. The molecule has 0 saturated heterocycles. The Morgan fingerprint density at radius 1 is 0.381 bits per heavy atom. The molecule has 9 aromatic carbocycles. The molecule has 63 heavy (non-hydrogen) atoms. The van der Waals surface area contributed by atoms with Crippen LogP contribution in [0.1, 0.15) is 25.0 Å². The summed E-state index contributed by atoms with van der Waals surface area (Å²) in [5.74, 6) is 3.47. The van der Waals surface area contributed by atoms with Crippen LogP contribution >= 0.6 is 0 Å². The fourth-order valence-electron chi connectivity index (χ4n) is 10.00. The zero-order valence-corrected chi connectivity index (χ0v) is 35.0. The summed E-state index contributed by atoms with van der Waals surface area (Å²) >= 11 is 0. The van der Waals surface area contributed by atoms with Crippen LogP contribution in [-0.4, -0.2) is 6.71 Å². The summed E-state index contributed by atoms with van der Waals surface area (Å²) in [6, 6.07) is 77.6. The number of nitrogens with zero attached hydrogens (tertiary/aromatic N) is 3. The summed E-state index contributed by atoms with van der Waals surface area (Å²) in [5.41, 5.74) is 15.3. The smallest absolute Gasteiger partial charge is 0.256 e. The molecule has 12 rings (SSSR count). The average molecular weight is 812 g/mol. The molecule has 0 atom stereocenters. The molecule has 3 aliphatic heterocycles. The van der Waals surface area contributed by atoms with Gasteiger partial charge < -0.3 is 24.2 Å². The number of hydrogen-bond acceptors (Lipinski definition) is 5. The summed E-state index contributed by atoms with van der Waals surface area (Å²) in [6.45, 7) is 4.49. The summed E-state index contributed by atoms with van der Waals surface area (Å²) in [4.78, 5) is 7.04. The van der Waals surface area contributed by atoms with Gasteiger partial charge in [0.1, 0.15) is 23.0 Å². The van der Waals surface area contributed by atoms with E-state index in [1.54, 1.807) is 0 Å². The van der Waals surface area contributed by atoms with E-state index in [2.05, 4.69) is 241 Å². The van der Waals surface area contributed by atoms with Crippen LogP contribution < -0.4 is 40.6 Å². The van der Waals surface area contributed by atoms with Gasteiger partial charge in [-0.1, -0.05) is 129 Å². The summed E-state index contributed by atoms with van der Waals surface area (Å²) in [5, 5.41) is 0. The fourth-order valence-corrected chi connectivity index (χ4v) is 10.00. The van der Waals surface area contributed by atoms with Crippen molar-refractivity contribution in [1.82, 2.24) is 0 Å². The number of anilines is 9. The molecule has 0 radical (unpaired) electrons. The van der Waals surface area contributed by atoms with Crippen LogP contribution in [0.3, 0.4) is 0 Å². The molecule has 0 spiro atoms. The molecule has 0 aromatic heterocycles. The zero-order valence-electron chi connectivity index (χ0n) is 35.0. The van der Waals surface area contributed by atoms with Crippen LogP contribution in [-0.2, 0) is 5.41 Å². The Hall–Kier alpha value is -7.96. The lowest BCUT2D eigenvalue weighted by molar-refractivity contribution is 0.418. The predicted molar refractivity (Wildman–Crippen MR) is 260 cm³/mol. The van der Waals surface area contributed by atoms with Crippen LogP contribution in [0.5, 0.6) is 23.0 Å². The standard InChI is InChI=1S/C57H42BN3O2/c1-57(2)46-26-15-16-28-52(46)62-54-37-44(30-33-47(54)57)60(41-22-11-5-12-23-41)45-32-35-49-55(38-45)63-53-29-17-27-50-56(53)58(49)48-34-31-43(36-51(48)61(50)42-24-13-6-14-25-42)59(39-18-7-3-8-19-39)40-20-9-4-10-21-40/h3-38H,1-2H3. The summed E-state index contributed by atoms with van der Waals surface area (Å²) < 4.78 is 13.7. The minimum Gasteiger partial charge on any atom is -0.458 e. The topological polar surface area (TPSA) is 28.2 Å².